The van der Waals surface area contributed by atoms with Crippen molar-refractivity contribution in [3.8, 4) is 5.75 Å². The molecule has 0 aliphatic rings. The monoisotopic (exact) mass is 288 g/mol. The van der Waals surface area contributed by atoms with Crippen LogP contribution in [-0.4, -0.2) is 27.1 Å². The molecule has 0 unspecified atom stereocenters. The molecule has 2 heterocycles. The van der Waals surface area contributed by atoms with E-state index >= 15 is 0 Å². The van der Waals surface area contributed by atoms with Crippen molar-refractivity contribution in [3.63, 3.8) is 0 Å². The minimum Gasteiger partial charge on any atom is -0.494 e. The number of ether oxygens (including phenoxy) is 1. The van der Waals surface area contributed by atoms with Gasteiger partial charge in [-0.2, -0.15) is 5.10 Å². The zero-order chi connectivity index (χ0) is 13.9. The van der Waals surface area contributed by atoms with Gasteiger partial charge in [0.25, 0.3) is 5.91 Å². The molecule has 0 aliphatic heterocycles. The molecule has 0 saturated heterocycles. The fraction of sp³-hybridized carbons (Fsp3) is 0.154. The lowest BCUT2D eigenvalue weighted by Gasteiger charge is -2.05. The van der Waals surface area contributed by atoms with Crippen molar-refractivity contribution in [2.45, 2.75) is 6.92 Å². The van der Waals surface area contributed by atoms with Crippen molar-refractivity contribution in [1.29, 1.82) is 0 Å². The molecule has 6 nitrogen and oxygen atoms in total. The summed E-state index contributed by atoms with van der Waals surface area (Å²) in [5.74, 6) is 0.518. The lowest BCUT2D eigenvalue weighted by molar-refractivity contribution is 0.102. The SMILES string of the molecule is CCOc1ccc(NC(=O)c2cn3ncsc3n2)cc1. The van der Waals surface area contributed by atoms with Gasteiger partial charge >= 0.3 is 0 Å². The van der Waals surface area contributed by atoms with Gasteiger partial charge in [0.2, 0.25) is 4.96 Å². The van der Waals surface area contributed by atoms with Gasteiger partial charge in [0, 0.05) is 5.69 Å². The lowest BCUT2D eigenvalue weighted by atomic mass is 10.3. The largest absolute Gasteiger partial charge is 0.494 e. The number of rotatable bonds is 4. The molecular weight excluding hydrogens is 276 g/mol. The molecule has 0 radical (unpaired) electrons. The summed E-state index contributed by atoms with van der Waals surface area (Å²) in [5.41, 5.74) is 2.72. The van der Waals surface area contributed by atoms with Gasteiger partial charge < -0.3 is 10.1 Å². The van der Waals surface area contributed by atoms with Crippen LogP contribution in [0.15, 0.2) is 36.0 Å². The smallest absolute Gasteiger partial charge is 0.275 e. The number of fused-ring (bicyclic) bond motifs is 1. The predicted octanol–water partition coefficient (Wildman–Crippen LogP) is 2.44. The van der Waals surface area contributed by atoms with Crippen LogP contribution >= 0.6 is 11.3 Å². The van der Waals surface area contributed by atoms with Gasteiger partial charge in [0.15, 0.2) is 0 Å². The average Bonchev–Trinajstić information content (AvgIpc) is 3.02. The minimum atomic E-state index is -0.258. The van der Waals surface area contributed by atoms with Gasteiger partial charge in [0.1, 0.15) is 17.0 Å². The van der Waals surface area contributed by atoms with Crippen molar-refractivity contribution in [2.24, 2.45) is 0 Å². The average molecular weight is 288 g/mol. The van der Waals surface area contributed by atoms with Crippen molar-refractivity contribution >= 4 is 27.9 Å². The summed E-state index contributed by atoms with van der Waals surface area (Å²) < 4.78 is 6.93. The van der Waals surface area contributed by atoms with Gasteiger partial charge in [-0.1, -0.05) is 11.3 Å². The fourth-order valence-corrected chi connectivity index (χ4v) is 2.35. The number of nitrogens with zero attached hydrogens (tertiary/aromatic N) is 3. The molecular formula is C13H12N4O2S. The summed E-state index contributed by atoms with van der Waals surface area (Å²) in [7, 11) is 0. The van der Waals surface area contributed by atoms with E-state index < -0.39 is 0 Å². The number of hydrogen-bond donors (Lipinski definition) is 1. The number of imidazole rings is 1. The van der Waals surface area contributed by atoms with Crippen LogP contribution < -0.4 is 10.1 Å². The zero-order valence-corrected chi connectivity index (χ0v) is 11.6. The maximum absolute atomic E-state index is 12.1. The van der Waals surface area contributed by atoms with Crippen LogP contribution in [0.1, 0.15) is 17.4 Å². The molecule has 0 atom stereocenters. The molecule has 0 aliphatic carbocycles. The van der Waals surface area contributed by atoms with E-state index in [4.69, 9.17) is 4.74 Å². The van der Waals surface area contributed by atoms with Crippen LogP contribution in [0.4, 0.5) is 5.69 Å². The van der Waals surface area contributed by atoms with E-state index in [9.17, 15) is 4.79 Å². The van der Waals surface area contributed by atoms with E-state index in [1.807, 2.05) is 19.1 Å². The van der Waals surface area contributed by atoms with Gasteiger partial charge in [-0.15, -0.1) is 0 Å². The highest BCUT2D eigenvalue weighted by Crippen LogP contribution is 2.17. The number of aromatic nitrogens is 3. The Hall–Kier alpha value is -2.41. The molecule has 0 fully saturated rings. The van der Waals surface area contributed by atoms with Crippen LogP contribution in [-0.2, 0) is 0 Å². The van der Waals surface area contributed by atoms with E-state index in [-0.39, 0.29) is 5.91 Å². The molecule has 1 N–H and O–H groups in total. The zero-order valence-electron chi connectivity index (χ0n) is 10.7. The molecule has 2 aromatic heterocycles. The lowest BCUT2D eigenvalue weighted by Crippen LogP contribution is -2.12. The number of benzene rings is 1. The summed E-state index contributed by atoms with van der Waals surface area (Å²) in [6.07, 6.45) is 1.61. The first-order valence-corrected chi connectivity index (χ1v) is 6.97. The van der Waals surface area contributed by atoms with E-state index in [1.165, 1.54) is 11.3 Å². The highest BCUT2D eigenvalue weighted by molar-refractivity contribution is 7.14. The molecule has 20 heavy (non-hydrogen) atoms. The van der Waals surface area contributed by atoms with Gasteiger partial charge in [-0.3, -0.25) is 4.79 Å². The second kappa shape index (κ2) is 5.30. The van der Waals surface area contributed by atoms with Gasteiger partial charge in [-0.25, -0.2) is 9.50 Å². The number of anilines is 1. The molecule has 0 spiro atoms. The Morgan fingerprint density at radius 3 is 2.90 bits per heavy atom. The Morgan fingerprint density at radius 1 is 1.40 bits per heavy atom. The topological polar surface area (TPSA) is 68.5 Å². The van der Waals surface area contributed by atoms with E-state index in [2.05, 4.69) is 15.4 Å². The van der Waals surface area contributed by atoms with Crippen LogP contribution in [0.3, 0.4) is 0 Å². The summed E-state index contributed by atoms with van der Waals surface area (Å²) in [6.45, 7) is 2.54. The first-order chi connectivity index (χ1) is 9.76. The minimum absolute atomic E-state index is 0.258. The van der Waals surface area contributed by atoms with Gasteiger partial charge in [0.05, 0.1) is 12.8 Å². The molecule has 0 bridgehead atoms. The Bertz CT molecular complexity index is 704. The van der Waals surface area contributed by atoms with Crippen LogP contribution in [0.25, 0.3) is 4.96 Å². The van der Waals surface area contributed by atoms with E-state index in [1.54, 1.807) is 28.4 Å². The highest BCUT2D eigenvalue weighted by Gasteiger charge is 2.12. The molecule has 3 aromatic rings. The van der Waals surface area contributed by atoms with Crippen LogP contribution in [0, 0.1) is 0 Å². The van der Waals surface area contributed by atoms with E-state index in [0.29, 0.717) is 22.9 Å². The summed E-state index contributed by atoms with van der Waals surface area (Å²) >= 11 is 1.38. The van der Waals surface area contributed by atoms with Crippen molar-refractivity contribution in [1.82, 2.24) is 14.6 Å². The summed E-state index contributed by atoms with van der Waals surface area (Å²) in [4.78, 5) is 16.9. The number of nitrogens with one attached hydrogen (secondary N) is 1. The standard InChI is InChI=1S/C13H12N4O2S/c1-2-19-10-5-3-9(4-6-10)15-12(18)11-7-17-13(16-11)20-8-14-17/h3-8H,2H2,1H3,(H,15,18). The second-order valence-electron chi connectivity index (χ2n) is 4.00. The second-order valence-corrected chi connectivity index (χ2v) is 4.82. The van der Waals surface area contributed by atoms with Crippen LogP contribution in [0.5, 0.6) is 5.75 Å². The normalized spacial score (nSPS) is 10.7. The number of carbonyl (C=O) groups is 1. The molecule has 1 aromatic carbocycles. The summed E-state index contributed by atoms with van der Waals surface area (Å²) in [5, 5.41) is 6.82. The highest BCUT2D eigenvalue weighted by atomic mass is 32.1. The first-order valence-electron chi connectivity index (χ1n) is 6.09. The summed E-state index contributed by atoms with van der Waals surface area (Å²) in [6, 6.07) is 7.21. The van der Waals surface area contributed by atoms with E-state index in [0.717, 1.165) is 5.75 Å². The Labute approximate surface area is 119 Å². The van der Waals surface area contributed by atoms with Crippen LogP contribution in [0.2, 0.25) is 0 Å². The van der Waals surface area contributed by atoms with Gasteiger partial charge in [-0.05, 0) is 31.2 Å². The maximum Gasteiger partial charge on any atom is 0.275 e. The Kier molecular flexibility index (Phi) is 3.34. The molecule has 3 rings (SSSR count). The third kappa shape index (κ3) is 2.48. The van der Waals surface area contributed by atoms with Crippen molar-refractivity contribution in [3.05, 3.63) is 41.7 Å². The Balaban J connectivity index is 1.73. The molecule has 7 heteroatoms. The van der Waals surface area contributed by atoms with Crippen molar-refractivity contribution in [2.75, 3.05) is 11.9 Å². The third-order valence-electron chi connectivity index (χ3n) is 2.64. The molecule has 0 saturated carbocycles. The Morgan fingerprint density at radius 2 is 2.20 bits per heavy atom. The molecule has 1 amide bonds. The maximum atomic E-state index is 12.1. The number of hydrogen-bond acceptors (Lipinski definition) is 5. The number of amides is 1. The predicted molar refractivity (Wildman–Crippen MR) is 76.4 cm³/mol. The number of carbonyl (C=O) groups excluding carboxylic acids is 1. The molecule has 102 valence electrons. The third-order valence-corrected chi connectivity index (χ3v) is 3.33. The quantitative estimate of drug-likeness (QED) is 0.800. The fourth-order valence-electron chi connectivity index (χ4n) is 1.74. The first kappa shape index (κ1) is 12.6. The van der Waals surface area contributed by atoms with Crippen molar-refractivity contribution < 1.29 is 9.53 Å².